The number of hydrogen-bond donors (Lipinski definition) is 1. The van der Waals surface area contributed by atoms with E-state index in [1.807, 2.05) is 11.9 Å². The third-order valence-electron chi connectivity index (χ3n) is 5.72. The molecule has 1 aliphatic heterocycles. The van der Waals surface area contributed by atoms with E-state index in [1.165, 1.54) is 45.2 Å². The van der Waals surface area contributed by atoms with Gasteiger partial charge in [-0.1, -0.05) is 36.0 Å². The van der Waals surface area contributed by atoms with Crippen LogP contribution in [-0.2, 0) is 11.2 Å². The lowest BCUT2D eigenvalue weighted by molar-refractivity contribution is -0.133. The smallest absolute Gasteiger partial charge is 0.227 e. The Bertz CT molecular complexity index is 635. The molecule has 2 atom stereocenters. The highest BCUT2D eigenvalue weighted by Crippen LogP contribution is 2.31. The second-order valence-electron chi connectivity index (χ2n) is 7.31. The van der Waals surface area contributed by atoms with Gasteiger partial charge in [0.05, 0.1) is 16.5 Å². The van der Waals surface area contributed by atoms with Crippen LogP contribution in [-0.4, -0.2) is 47.9 Å². The number of likely N-dealkylation sites (tertiary alicyclic amines) is 1. The quantitative estimate of drug-likeness (QED) is 0.734. The zero-order chi connectivity index (χ0) is 18.0. The molecule has 2 fully saturated rings. The van der Waals surface area contributed by atoms with Crippen molar-refractivity contribution in [2.45, 2.75) is 57.0 Å². The van der Waals surface area contributed by atoms with Crippen molar-refractivity contribution >= 4 is 47.2 Å². The molecule has 1 saturated carbocycles. The molecule has 26 heavy (non-hydrogen) atoms. The summed E-state index contributed by atoms with van der Waals surface area (Å²) < 4.78 is 0. The summed E-state index contributed by atoms with van der Waals surface area (Å²) in [6, 6.07) is 4.13. The van der Waals surface area contributed by atoms with E-state index in [-0.39, 0.29) is 24.7 Å². The van der Waals surface area contributed by atoms with Gasteiger partial charge in [0.2, 0.25) is 5.91 Å². The van der Waals surface area contributed by atoms with Crippen LogP contribution in [0.1, 0.15) is 44.1 Å². The lowest BCUT2D eigenvalue weighted by Crippen LogP contribution is -2.53. The zero-order valence-corrected chi connectivity index (χ0v) is 17.5. The number of nitrogen functional groups attached to an aromatic ring is 1. The second-order valence-corrected chi connectivity index (χ2v) is 8.12. The van der Waals surface area contributed by atoms with Gasteiger partial charge < -0.3 is 10.6 Å². The maximum absolute atomic E-state index is 12.9. The van der Waals surface area contributed by atoms with E-state index in [0.29, 0.717) is 27.8 Å². The monoisotopic (exact) mass is 419 g/mol. The van der Waals surface area contributed by atoms with Crippen LogP contribution in [0.15, 0.2) is 12.1 Å². The summed E-state index contributed by atoms with van der Waals surface area (Å²) in [7, 11) is 1.94. The molecule has 0 spiro atoms. The van der Waals surface area contributed by atoms with Crippen LogP contribution in [0, 0.1) is 0 Å². The number of carbonyl (C=O) groups is 1. The molecular formula is C19H28Cl3N3O. The van der Waals surface area contributed by atoms with E-state index in [9.17, 15) is 4.79 Å². The average Bonchev–Trinajstić information content (AvgIpc) is 3.13. The number of likely N-dealkylation sites (N-methyl/N-ethyl adjacent to an activating group) is 1. The molecule has 1 amide bonds. The molecule has 0 radical (unpaired) electrons. The Balaban J connectivity index is 0.00000243. The molecular weight excluding hydrogens is 393 g/mol. The van der Waals surface area contributed by atoms with Gasteiger partial charge in [-0.2, -0.15) is 0 Å². The van der Waals surface area contributed by atoms with E-state index >= 15 is 0 Å². The van der Waals surface area contributed by atoms with Gasteiger partial charge in [-0.05, 0) is 56.5 Å². The van der Waals surface area contributed by atoms with Crippen LogP contribution >= 0.6 is 35.6 Å². The molecule has 1 saturated heterocycles. The fourth-order valence-electron chi connectivity index (χ4n) is 4.27. The Hall–Kier alpha value is -0.680. The highest BCUT2D eigenvalue weighted by atomic mass is 35.5. The van der Waals surface area contributed by atoms with Crippen molar-refractivity contribution in [2.24, 2.45) is 0 Å². The molecule has 0 bridgehead atoms. The minimum Gasteiger partial charge on any atom is -0.398 e. The first-order chi connectivity index (χ1) is 12.0. The van der Waals surface area contributed by atoms with Gasteiger partial charge in [0.25, 0.3) is 0 Å². The van der Waals surface area contributed by atoms with Crippen molar-refractivity contribution in [2.75, 3.05) is 25.9 Å². The Labute approximate surface area is 172 Å². The van der Waals surface area contributed by atoms with E-state index in [2.05, 4.69) is 4.90 Å². The molecule has 2 N–H and O–H groups in total. The van der Waals surface area contributed by atoms with Gasteiger partial charge in [0.1, 0.15) is 0 Å². The molecule has 1 aromatic rings. The summed E-state index contributed by atoms with van der Waals surface area (Å²) in [5, 5.41) is 0.860. The Kier molecular flexibility index (Phi) is 7.90. The van der Waals surface area contributed by atoms with E-state index in [0.717, 1.165) is 12.0 Å². The number of nitrogens with two attached hydrogens (primary N) is 1. The highest BCUT2D eigenvalue weighted by molar-refractivity contribution is 6.42. The number of rotatable bonds is 4. The molecule has 2 unspecified atom stereocenters. The van der Waals surface area contributed by atoms with Crippen molar-refractivity contribution < 1.29 is 4.79 Å². The summed E-state index contributed by atoms with van der Waals surface area (Å²) in [6.07, 6.45) is 7.56. The molecule has 146 valence electrons. The third kappa shape index (κ3) is 4.78. The molecule has 1 aliphatic carbocycles. The SMILES string of the molecule is CN(C(=O)Cc1cc(Cl)c(Cl)cc1N)C1CCCCC1N1CCCC1.Cl. The highest BCUT2D eigenvalue weighted by Gasteiger charge is 2.35. The third-order valence-corrected chi connectivity index (χ3v) is 6.44. The van der Waals surface area contributed by atoms with E-state index in [4.69, 9.17) is 28.9 Å². The van der Waals surface area contributed by atoms with Crippen molar-refractivity contribution in [3.63, 3.8) is 0 Å². The standard InChI is InChI=1S/C19H27Cl2N3O.ClH/c1-23(17-6-2-3-7-18(17)24-8-4-5-9-24)19(25)11-13-10-14(20)15(21)12-16(13)22;/h10,12,17-18H,2-9,11,22H2,1H3;1H. The minimum atomic E-state index is 0. The largest absolute Gasteiger partial charge is 0.398 e. The fourth-order valence-corrected chi connectivity index (χ4v) is 4.63. The summed E-state index contributed by atoms with van der Waals surface area (Å²) in [5.41, 5.74) is 7.30. The Morgan fingerprint density at radius 3 is 2.46 bits per heavy atom. The molecule has 3 rings (SSSR count). The molecule has 4 nitrogen and oxygen atoms in total. The number of hydrogen-bond acceptors (Lipinski definition) is 3. The van der Waals surface area contributed by atoms with Gasteiger partial charge in [-0.15, -0.1) is 12.4 Å². The lowest BCUT2D eigenvalue weighted by atomic mass is 9.88. The van der Waals surface area contributed by atoms with Crippen LogP contribution in [0.3, 0.4) is 0 Å². The minimum absolute atomic E-state index is 0. The lowest BCUT2D eigenvalue weighted by Gasteiger charge is -2.42. The fraction of sp³-hybridized carbons (Fsp3) is 0.632. The summed E-state index contributed by atoms with van der Waals surface area (Å²) in [4.78, 5) is 17.4. The van der Waals surface area contributed by atoms with Crippen LogP contribution in [0.4, 0.5) is 5.69 Å². The van der Waals surface area contributed by atoms with Gasteiger partial charge in [-0.25, -0.2) is 0 Å². The van der Waals surface area contributed by atoms with Crippen LogP contribution < -0.4 is 5.73 Å². The van der Waals surface area contributed by atoms with Crippen molar-refractivity contribution in [1.29, 1.82) is 0 Å². The Morgan fingerprint density at radius 1 is 1.15 bits per heavy atom. The Morgan fingerprint density at radius 2 is 1.77 bits per heavy atom. The normalized spacial score (nSPS) is 23.5. The maximum Gasteiger partial charge on any atom is 0.227 e. The topological polar surface area (TPSA) is 49.6 Å². The van der Waals surface area contributed by atoms with Crippen LogP contribution in [0.2, 0.25) is 10.0 Å². The van der Waals surface area contributed by atoms with E-state index < -0.39 is 0 Å². The van der Waals surface area contributed by atoms with Crippen molar-refractivity contribution in [3.8, 4) is 0 Å². The number of benzene rings is 1. The van der Waals surface area contributed by atoms with Crippen LogP contribution in [0.5, 0.6) is 0 Å². The van der Waals surface area contributed by atoms with E-state index in [1.54, 1.807) is 12.1 Å². The first kappa shape index (κ1) is 21.6. The number of amides is 1. The molecule has 0 aromatic heterocycles. The molecule has 1 aromatic carbocycles. The van der Waals surface area contributed by atoms with Crippen molar-refractivity contribution in [1.82, 2.24) is 9.80 Å². The number of anilines is 1. The zero-order valence-electron chi connectivity index (χ0n) is 15.2. The first-order valence-electron chi connectivity index (χ1n) is 9.20. The maximum atomic E-state index is 12.9. The van der Waals surface area contributed by atoms with Gasteiger partial charge in [0.15, 0.2) is 0 Å². The molecule has 2 aliphatic rings. The van der Waals surface area contributed by atoms with Crippen LogP contribution in [0.25, 0.3) is 0 Å². The summed E-state index contributed by atoms with van der Waals surface area (Å²) in [6.45, 7) is 2.34. The number of halogens is 3. The predicted octanol–water partition coefficient (Wildman–Crippen LogP) is 4.41. The first-order valence-corrected chi connectivity index (χ1v) is 9.96. The second kappa shape index (κ2) is 9.50. The van der Waals surface area contributed by atoms with Gasteiger partial charge in [-0.3, -0.25) is 9.69 Å². The number of carbonyl (C=O) groups excluding carboxylic acids is 1. The summed E-state index contributed by atoms with van der Waals surface area (Å²) >= 11 is 12.1. The van der Waals surface area contributed by atoms with Gasteiger partial charge >= 0.3 is 0 Å². The van der Waals surface area contributed by atoms with Crippen molar-refractivity contribution in [3.05, 3.63) is 27.7 Å². The number of nitrogens with zero attached hydrogens (tertiary/aromatic N) is 2. The summed E-state index contributed by atoms with van der Waals surface area (Å²) in [5.74, 6) is 0.0983. The predicted molar refractivity (Wildman–Crippen MR) is 111 cm³/mol. The van der Waals surface area contributed by atoms with Gasteiger partial charge in [0, 0.05) is 24.8 Å². The molecule has 1 heterocycles. The molecule has 7 heteroatoms. The average molecular weight is 421 g/mol.